The maximum Gasteiger partial charge on any atom is 0.252 e. The van der Waals surface area contributed by atoms with Gasteiger partial charge in [0.2, 0.25) is 0 Å². The Hall–Kier alpha value is -2.08. The standard InChI is InChI=1S/C13H16ClN5O/c1-15-12-11(14)5-10(7-17-12)13(20)16-4-3-9-6-18-19(2)8-9/h5-8H,3-4H2,1-2H3,(H,15,17)(H,16,20). The summed E-state index contributed by atoms with van der Waals surface area (Å²) in [6.07, 6.45) is 5.94. The number of rotatable bonds is 5. The van der Waals surface area contributed by atoms with Gasteiger partial charge in [-0.3, -0.25) is 9.48 Å². The zero-order valence-corrected chi connectivity index (χ0v) is 12.1. The Kier molecular flexibility index (Phi) is 4.57. The summed E-state index contributed by atoms with van der Waals surface area (Å²) in [4.78, 5) is 16.0. The third-order valence-corrected chi connectivity index (χ3v) is 3.09. The number of nitrogens with one attached hydrogen (secondary N) is 2. The van der Waals surface area contributed by atoms with Crippen LogP contribution in [0.25, 0.3) is 0 Å². The van der Waals surface area contributed by atoms with E-state index in [1.165, 1.54) is 6.20 Å². The molecule has 7 heteroatoms. The van der Waals surface area contributed by atoms with Gasteiger partial charge in [-0.2, -0.15) is 5.10 Å². The van der Waals surface area contributed by atoms with Crippen LogP contribution >= 0.6 is 11.6 Å². The van der Waals surface area contributed by atoms with Gasteiger partial charge in [0, 0.05) is 33.0 Å². The van der Waals surface area contributed by atoms with Crippen LogP contribution in [0.4, 0.5) is 5.82 Å². The summed E-state index contributed by atoms with van der Waals surface area (Å²) in [6, 6.07) is 1.60. The number of carbonyl (C=O) groups is 1. The largest absolute Gasteiger partial charge is 0.372 e. The minimum atomic E-state index is -0.189. The molecular weight excluding hydrogens is 278 g/mol. The molecule has 0 aliphatic rings. The van der Waals surface area contributed by atoms with Crippen LogP contribution in [0.3, 0.4) is 0 Å². The number of pyridine rings is 1. The summed E-state index contributed by atoms with van der Waals surface area (Å²) >= 11 is 5.99. The predicted molar refractivity (Wildman–Crippen MR) is 78.0 cm³/mol. The van der Waals surface area contributed by atoms with Gasteiger partial charge in [0.05, 0.1) is 16.8 Å². The highest BCUT2D eigenvalue weighted by Crippen LogP contribution is 2.19. The fourth-order valence-corrected chi connectivity index (χ4v) is 2.03. The van der Waals surface area contributed by atoms with Crippen LogP contribution in [0.1, 0.15) is 15.9 Å². The first-order chi connectivity index (χ1) is 9.60. The Bertz CT molecular complexity index is 611. The number of hydrogen-bond acceptors (Lipinski definition) is 4. The second-order valence-corrected chi connectivity index (χ2v) is 4.74. The van der Waals surface area contributed by atoms with E-state index in [-0.39, 0.29) is 5.91 Å². The zero-order chi connectivity index (χ0) is 14.5. The first kappa shape index (κ1) is 14.3. The average molecular weight is 294 g/mol. The second-order valence-electron chi connectivity index (χ2n) is 4.33. The van der Waals surface area contributed by atoms with E-state index in [0.29, 0.717) is 22.9 Å². The van der Waals surface area contributed by atoms with Crippen molar-refractivity contribution in [3.8, 4) is 0 Å². The van der Waals surface area contributed by atoms with E-state index in [2.05, 4.69) is 20.7 Å². The third kappa shape index (κ3) is 3.48. The number of anilines is 1. The fourth-order valence-electron chi connectivity index (χ4n) is 1.77. The second kappa shape index (κ2) is 6.38. The Morgan fingerprint density at radius 1 is 1.45 bits per heavy atom. The van der Waals surface area contributed by atoms with Gasteiger partial charge in [-0.05, 0) is 18.1 Å². The fraction of sp³-hybridized carbons (Fsp3) is 0.308. The van der Waals surface area contributed by atoms with Gasteiger partial charge in [-0.25, -0.2) is 4.98 Å². The molecule has 2 heterocycles. The highest BCUT2D eigenvalue weighted by molar-refractivity contribution is 6.33. The lowest BCUT2D eigenvalue weighted by molar-refractivity contribution is 0.0954. The Balaban J connectivity index is 1.90. The minimum Gasteiger partial charge on any atom is -0.372 e. The normalized spacial score (nSPS) is 10.3. The molecule has 0 unspecified atom stereocenters. The minimum absolute atomic E-state index is 0.189. The first-order valence-electron chi connectivity index (χ1n) is 6.19. The molecule has 2 rings (SSSR count). The van der Waals surface area contributed by atoms with Crippen molar-refractivity contribution in [1.82, 2.24) is 20.1 Å². The Labute approximate surface area is 122 Å². The third-order valence-electron chi connectivity index (χ3n) is 2.80. The molecular formula is C13H16ClN5O. The van der Waals surface area contributed by atoms with Crippen LogP contribution < -0.4 is 10.6 Å². The van der Waals surface area contributed by atoms with Gasteiger partial charge < -0.3 is 10.6 Å². The highest BCUT2D eigenvalue weighted by Gasteiger charge is 2.09. The number of nitrogens with zero attached hydrogens (tertiary/aromatic N) is 3. The number of amides is 1. The highest BCUT2D eigenvalue weighted by atomic mass is 35.5. The van der Waals surface area contributed by atoms with Crippen molar-refractivity contribution in [2.45, 2.75) is 6.42 Å². The summed E-state index contributed by atoms with van der Waals surface area (Å²) in [6.45, 7) is 0.538. The molecule has 0 saturated carbocycles. The maximum atomic E-state index is 11.9. The number of aryl methyl sites for hydroxylation is 1. The van der Waals surface area contributed by atoms with Crippen LogP contribution in [-0.2, 0) is 13.5 Å². The van der Waals surface area contributed by atoms with Crippen molar-refractivity contribution in [2.24, 2.45) is 7.05 Å². The predicted octanol–water partition coefficient (Wildman–Crippen LogP) is 1.48. The van der Waals surface area contributed by atoms with Crippen LogP contribution in [0.2, 0.25) is 5.02 Å². The molecule has 106 valence electrons. The quantitative estimate of drug-likeness (QED) is 0.876. The van der Waals surface area contributed by atoms with Crippen LogP contribution in [0, 0.1) is 0 Å². The molecule has 20 heavy (non-hydrogen) atoms. The molecule has 1 amide bonds. The smallest absolute Gasteiger partial charge is 0.252 e. The van der Waals surface area contributed by atoms with E-state index >= 15 is 0 Å². The summed E-state index contributed by atoms with van der Waals surface area (Å²) < 4.78 is 1.73. The molecule has 2 aromatic rings. The van der Waals surface area contributed by atoms with E-state index < -0.39 is 0 Å². The van der Waals surface area contributed by atoms with Gasteiger partial charge >= 0.3 is 0 Å². The molecule has 2 N–H and O–H groups in total. The molecule has 6 nitrogen and oxygen atoms in total. The molecule has 0 saturated heterocycles. The molecule has 2 aromatic heterocycles. The number of hydrogen-bond donors (Lipinski definition) is 2. The molecule has 0 radical (unpaired) electrons. The molecule has 0 atom stereocenters. The number of aromatic nitrogens is 3. The Morgan fingerprint density at radius 3 is 2.85 bits per heavy atom. The van der Waals surface area contributed by atoms with E-state index in [4.69, 9.17) is 11.6 Å². The molecule has 0 bridgehead atoms. The van der Waals surface area contributed by atoms with Crippen molar-refractivity contribution in [3.05, 3.63) is 40.8 Å². The lowest BCUT2D eigenvalue weighted by atomic mass is 10.2. The van der Waals surface area contributed by atoms with E-state index in [1.807, 2.05) is 13.2 Å². The van der Waals surface area contributed by atoms with Crippen molar-refractivity contribution >= 4 is 23.3 Å². The maximum absolute atomic E-state index is 11.9. The van der Waals surface area contributed by atoms with Crippen molar-refractivity contribution < 1.29 is 4.79 Å². The van der Waals surface area contributed by atoms with Crippen LogP contribution in [-0.4, -0.2) is 34.3 Å². The molecule has 0 spiro atoms. The van der Waals surface area contributed by atoms with Gasteiger partial charge in [-0.15, -0.1) is 0 Å². The summed E-state index contributed by atoms with van der Waals surface area (Å²) in [5, 5.41) is 10.2. The SMILES string of the molecule is CNc1ncc(C(=O)NCCc2cnn(C)c2)cc1Cl. The molecule has 0 aliphatic heterocycles. The van der Waals surface area contributed by atoms with Crippen LogP contribution in [0.15, 0.2) is 24.7 Å². The van der Waals surface area contributed by atoms with Crippen LogP contribution in [0.5, 0.6) is 0 Å². The van der Waals surface area contributed by atoms with Crippen molar-refractivity contribution in [3.63, 3.8) is 0 Å². The van der Waals surface area contributed by atoms with Crippen molar-refractivity contribution in [2.75, 3.05) is 18.9 Å². The molecule has 0 aliphatic carbocycles. The molecule has 0 fully saturated rings. The number of halogens is 1. The summed E-state index contributed by atoms with van der Waals surface area (Å²) in [5.74, 6) is 0.365. The number of carbonyl (C=O) groups excluding carboxylic acids is 1. The van der Waals surface area contributed by atoms with E-state index in [0.717, 1.165) is 12.0 Å². The first-order valence-corrected chi connectivity index (χ1v) is 6.57. The summed E-state index contributed by atoms with van der Waals surface area (Å²) in [5.41, 5.74) is 1.52. The van der Waals surface area contributed by atoms with Gasteiger partial charge in [-0.1, -0.05) is 11.6 Å². The summed E-state index contributed by atoms with van der Waals surface area (Å²) in [7, 11) is 3.58. The zero-order valence-electron chi connectivity index (χ0n) is 11.4. The Morgan fingerprint density at radius 2 is 2.25 bits per heavy atom. The van der Waals surface area contributed by atoms with Crippen molar-refractivity contribution in [1.29, 1.82) is 0 Å². The topological polar surface area (TPSA) is 71.8 Å². The van der Waals surface area contributed by atoms with Gasteiger partial charge in [0.1, 0.15) is 5.82 Å². The average Bonchev–Trinajstić information content (AvgIpc) is 2.84. The lowest BCUT2D eigenvalue weighted by Crippen LogP contribution is -2.25. The monoisotopic (exact) mass is 293 g/mol. The lowest BCUT2D eigenvalue weighted by Gasteiger charge is -2.06. The van der Waals surface area contributed by atoms with Gasteiger partial charge in [0.25, 0.3) is 5.91 Å². The van der Waals surface area contributed by atoms with E-state index in [1.54, 1.807) is 24.0 Å². The van der Waals surface area contributed by atoms with Gasteiger partial charge in [0.15, 0.2) is 0 Å². The van der Waals surface area contributed by atoms with E-state index in [9.17, 15) is 4.79 Å². The molecule has 0 aromatic carbocycles.